The Morgan fingerprint density at radius 3 is 2.45 bits per heavy atom. The van der Waals surface area contributed by atoms with Gasteiger partial charge in [-0.2, -0.15) is 0 Å². The van der Waals surface area contributed by atoms with E-state index in [-0.39, 0.29) is 48.8 Å². The summed E-state index contributed by atoms with van der Waals surface area (Å²) in [6.07, 6.45) is 12.1. The number of hydrogen-bond acceptors (Lipinski definition) is 5. The molecule has 3 unspecified atom stereocenters. The number of aliphatic hydroxyl groups excluding tert-OH is 1. The van der Waals surface area contributed by atoms with Crippen molar-refractivity contribution < 1.29 is 24.1 Å². The van der Waals surface area contributed by atoms with Gasteiger partial charge in [-0.05, 0) is 54.6 Å². The Bertz CT molecular complexity index is 592. The molecule has 164 valence electrons. The normalized spacial score (nSPS) is 42.6. The maximum atomic E-state index is 12.6. The van der Waals surface area contributed by atoms with Crippen LogP contribution in [0.2, 0.25) is 0 Å². The fraction of sp³-hybridized carbons (Fsp3) is 0.783. The molecule has 3 aliphatic rings. The predicted octanol–water partition coefficient (Wildman–Crippen LogP) is 4.71. The Labute approximate surface area is 188 Å². The summed E-state index contributed by atoms with van der Waals surface area (Å²) in [4.78, 5) is 12.6. The average molecular weight is 518 g/mol. The molecule has 2 fully saturated rings. The van der Waals surface area contributed by atoms with Crippen LogP contribution in [0.25, 0.3) is 0 Å². The van der Waals surface area contributed by atoms with Crippen molar-refractivity contribution in [3.05, 3.63) is 22.3 Å². The third-order valence-electron chi connectivity index (χ3n) is 6.24. The topological polar surface area (TPSA) is 65.0 Å². The summed E-state index contributed by atoms with van der Waals surface area (Å²) in [5, 5.41) is 10.3. The first-order valence-electron chi connectivity index (χ1n) is 11.1. The summed E-state index contributed by atoms with van der Waals surface area (Å²) in [6.45, 7) is 4.30. The highest BCUT2D eigenvalue weighted by Crippen LogP contribution is 2.31. The second-order valence-corrected chi connectivity index (χ2v) is 9.71. The molecular formula is C23H35IO5. The smallest absolute Gasteiger partial charge is 0.309 e. The highest BCUT2D eigenvalue weighted by molar-refractivity contribution is 14.1. The van der Waals surface area contributed by atoms with Crippen LogP contribution in [0, 0.1) is 11.8 Å². The lowest BCUT2D eigenvalue weighted by molar-refractivity contribution is -0.161. The lowest BCUT2D eigenvalue weighted by Crippen LogP contribution is -2.40. The lowest BCUT2D eigenvalue weighted by Gasteiger charge is -2.37. The molecule has 0 aliphatic carbocycles. The highest BCUT2D eigenvalue weighted by Gasteiger charge is 2.34. The van der Waals surface area contributed by atoms with Crippen LogP contribution in [-0.2, 0) is 19.0 Å². The summed E-state index contributed by atoms with van der Waals surface area (Å²) in [5.74, 6) is 0.230. The van der Waals surface area contributed by atoms with Gasteiger partial charge in [0.2, 0.25) is 0 Å². The Morgan fingerprint density at radius 2 is 1.69 bits per heavy atom. The molecule has 0 aromatic rings. The number of cyclic esters (lactones) is 1. The summed E-state index contributed by atoms with van der Waals surface area (Å²) >= 11 is 2.16. The van der Waals surface area contributed by atoms with Crippen molar-refractivity contribution >= 4 is 28.6 Å². The molecule has 0 saturated carbocycles. The van der Waals surface area contributed by atoms with Crippen LogP contribution in [0.3, 0.4) is 0 Å². The summed E-state index contributed by atoms with van der Waals surface area (Å²) in [6, 6.07) is 0. The van der Waals surface area contributed by atoms with E-state index in [0.29, 0.717) is 18.8 Å². The average Bonchev–Trinajstić information content (AvgIpc) is 2.65. The second-order valence-electron chi connectivity index (χ2n) is 8.99. The standard InChI is InChI=1S/C23H35IO5/c1-15-6-7-16(2)22(8-9-24)29-23(26)14-21-12-17(25)11-20(28-21)13-19-5-3-4-18(10-15)27-19/h6-9,15-22,25H,3-5,10-14H2,1-2H3/t15-,16-,17+,18+,19?,20+,21?,22?/m0/s1. The summed E-state index contributed by atoms with van der Waals surface area (Å²) in [7, 11) is 0. The van der Waals surface area contributed by atoms with Gasteiger partial charge in [-0.1, -0.05) is 48.6 Å². The highest BCUT2D eigenvalue weighted by atomic mass is 127. The van der Waals surface area contributed by atoms with E-state index in [4.69, 9.17) is 14.2 Å². The molecule has 6 heteroatoms. The zero-order valence-electron chi connectivity index (χ0n) is 17.5. The molecule has 4 bridgehead atoms. The van der Waals surface area contributed by atoms with E-state index in [1.807, 2.05) is 10.2 Å². The number of esters is 1. The maximum absolute atomic E-state index is 12.6. The van der Waals surface area contributed by atoms with E-state index in [0.717, 1.165) is 25.7 Å². The minimum absolute atomic E-state index is 0.0607. The number of halogens is 1. The van der Waals surface area contributed by atoms with Crippen LogP contribution in [0.15, 0.2) is 22.3 Å². The zero-order valence-corrected chi connectivity index (χ0v) is 19.7. The third-order valence-corrected chi connectivity index (χ3v) is 6.65. The first-order valence-corrected chi connectivity index (χ1v) is 12.3. The zero-order chi connectivity index (χ0) is 20.8. The van der Waals surface area contributed by atoms with Gasteiger partial charge < -0.3 is 19.3 Å². The summed E-state index contributed by atoms with van der Waals surface area (Å²) in [5.41, 5.74) is 0. The Kier molecular flexibility index (Phi) is 9.02. The van der Waals surface area contributed by atoms with E-state index >= 15 is 0 Å². The quantitative estimate of drug-likeness (QED) is 0.310. The molecule has 0 amide bonds. The predicted molar refractivity (Wildman–Crippen MR) is 121 cm³/mol. The van der Waals surface area contributed by atoms with Gasteiger partial charge in [-0.15, -0.1) is 0 Å². The van der Waals surface area contributed by atoms with Gasteiger partial charge >= 0.3 is 5.97 Å². The maximum Gasteiger partial charge on any atom is 0.309 e. The van der Waals surface area contributed by atoms with E-state index in [1.165, 1.54) is 6.42 Å². The molecule has 3 heterocycles. The first-order chi connectivity index (χ1) is 13.9. The van der Waals surface area contributed by atoms with Gasteiger partial charge in [0.15, 0.2) is 0 Å². The number of ether oxygens (including phenoxy) is 3. The molecular weight excluding hydrogens is 483 g/mol. The molecule has 8 atom stereocenters. The van der Waals surface area contributed by atoms with Crippen molar-refractivity contribution in [2.45, 2.75) is 102 Å². The van der Waals surface area contributed by atoms with Crippen LogP contribution in [0.4, 0.5) is 0 Å². The van der Waals surface area contributed by atoms with Gasteiger partial charge in [-0.25, -0.2) is 0 Å². The number of fused-ring (bicyclic) bond motifs is 4. The second kappa shape index (κ2) is 11.3. The SMILES string of the molecule is C[C@H]1C=C[C@H](C)C(C=CI)OC(=O)CC2C[C@H](O)C[C@H](CC3CCC[C@H](C1)O3)O2. The fourth-order valence-corrected chi connectivity index (χ4v) is 5.15. The van der Waals surface area contributed by atoms with E-state index in [1.54, 1.807) is 0 Å². The molecule has 3 aliphatic heterocycles. The Morgan fingerprint density at radius 1 is 1.00 bits per heavy atom. The number of aliphatic hydroxyl groups is 1. The van der Waals surface area contributed by atoms with Crippen molar-refractivity contribution in [3.63, 3.8) is 0 Å². The Hall–Kier alpha value is -0.440. The van der Waals surface area contributed by atoms with Crippen molar-refractivity contribution in [2.75, 3.05) is 0 Å². The van der Waals surface area contributed by atoms with E-state index in [2.05, 4.69) is 48.6 Å². The van der Waals surface area contributed by atoms with E-state index < -0.39 is 6.10 Å². The van der Waals surface area contributed by atoms with Gasteiger partial charge in [0.05, 0.1) is 36.9 Å². The first kappa shape index (κ1) is 23.2. The number of allylic oxidation sites excluding steroid dienone is 1. The Balaban J connectivity index is 1.77. The molecule has 5 nitrogen and oxygen atoms in total. The number of rotatable bonds is 1. The van der Waals surface area contributed by atoms with E-state index in [9.17, 15) is 9.90 Å². The van der Waals surface area contributed by atoms with Crippen molar-refractivity contribution in [2.24, 2.45) is 11.8 Å². The van der Waals surface area contributed by atoms with Crippen LogP contribution < -0.4 is 0 Å². The van der Waals surface area contributed by atoms with Gasteiger partial charge in [0.25, 0.3) is 0 Å². The number of hydrogen-bond donors (Lipinski definition) is 1. The van der Waals surface area contributed by atoms with Crippen LogP contribution in [0.1, 0.15) is 65.2 Å². The lowest BCUT2D eigenvalue weighted by atomic mass is 9.91. The summed E-state index contributed by atoms with van der Waals surface area (Å²) < 4.78 is 20.3. The van der Waals surface area contributed by atoms with Crippen molar-refractivity contribution in [1.82, 2.24) is 0 Å². The van der Waals surface area contributed by atoms with Gasteiger partial charge in [-0.3, -0.25) is 4.79 Å². The van der Waals surface area contributed by atoms with Gasteiger partial charge in [0, 0.05) is 12.3 Å². The molecule has 1 N–H and O–H groups in total. The van der Waals surface area contributed by atoms with Crippen LogP contribution >= 0.6 is 22.6 Å². The minimum atomic E-state index is -0.434. The van der Waals surface area contributed by atoms with Crippen LogP contribution in [0.5, 0.6) is 0 Å². The third kappa shape index (κ3) is 7.33. The molecule has 0 aromatic carbocycles. The van der Waals surface area contributed by atoms with Crippen LogP contribution in [-0.4, -0.2) is 47.7 Å². The van der Waals surface area contributed by atoms with Gasteiger partial charge in [0.1, 0.15) is 6.10 Å². The van der Waals surface area contributed by atoms with Crippen molar-refractivity contribution in [3.8, 4) is 0 Å². The molecule has 0 radical (unpaired) electrons. The molecule has 29 heavy (non-hydrogen) atoms. The minimum Gasteiger partial charge on any atom is -0.457 e. The fourth-order valence-electron chi connectivity index (χ4n) is 4.74. The molecule has 2 saturated heterocycles. The number of carbonyl (C=O) groups is 1. The largest absolute Gasteiger partial charge is 0.457 e. The monoisotopic (exact) mass is 518 g/mol. The molecule has 0 spiro atoms. The molecule has 3 rings (SSSR count). The number of carbonyl (C=O) groups excluding carboxylic acids is 1. The molecule has 0 aromatic heterocycles. The van der Waals surface area contributed by atoms with Crippen molar-refractivity contribution in [1.29, 1.82) is 0 Å².